The van der Waals surface area contributed by atoms with Gasteiger partial charge in [-0.2, -0.15) is 8.42 Å². The predicted molar refractivity (Wildman–Crippen MR) is 108 cm³/mol. The van der Waals surface area contributed by atoms with Crippen LogP contribution in [0.1, 0.15) is 18.1 Å². The van der Waals surface area contributed by atoms with E-state index in [1.807, 2.05) is 35.7 Å². The van der Waals surface area contributed by atoms with Crippen molar-refractivity contribution >= 4 is 37.5 Å². The van der Waals surface area contributed by atoms with E-state index in [1.54, 1.807) is 19.1 Å². The summed E-state index contributed by atoms with van der Waals surface area (Å²) in [6, 6.07) is 12.7. The molecule has 0 aliphatic carbocycles. The first-order valence-corrected chi connectivity index (χ1v) is 11.3. The van der Waals surface area contributed by atoms with E-state index < -0.39 is 10.1 Å². The van der Waals surface area contributed by atoms with Crippen LogP contribution in [0.4, 0.5) is 0 Å². The highest BCUT2D eigenvalue weighted by Crippen LogP contribution is 2.33. The van der Waals surface area contributed by atoms with Crippen molar-refractivity contribution in [2.45, 2.75) is 20.0 Å². The third kappa shape index (κ3) is 5.24. The van der Waals surface area contributed by atoms with Crippen molar-refractivity contribution in [2.75, 3.05) is 12.9 Å². The van der Waals surface area contributed by atoms with Gasteiger partial charge >= 0.3 is 16.1 Å². The van der Waals surface area contributed by atoms with Gasteiger partial charge in [0, 0.05) is 15.6 Å². The topological polar surface area (TPSA) is 78.9 Å². The quantitative estimate of drug-likeness (QED) is 0.406. The highest BCUT2D eigenvalue weighted by molar-refractivity contribution is 7.86. The largest absolute Gasteiger partial charge is 0.489 e. The zero-order valence-electron chi connectivity index (χ0n) is 15.5. The summed E-state index contributed by atoms with van der Waals surface area (Å²) in [5.74, 6) is 0.537. The first-order valence-electron chi connectivity index (χ1n) is 8.61. The second-order valence-corrected chi connectivity index (χ2v) is 8.61. The molecule has 0 N–H and O–H groups in total. The fraction of sp³-hybridized carbons (Fsp3) is 0.250. The number of benzene rings is 2. The van der Waals surface area contributed by atoms with Crippen LogP contribution in [0.3, 0.4) is 0 Å². The molecule has 8 heteroatoms. The molecular formula is C20H20O6S2. The normalized spacial score (nSPS) is 11.4. The summed E-state index contributed by atoms with van der Waals surface area (Å²) in [4.78, 5) is 11.8. The van der Waals surface area contributed by atoms with Crippen LogP contribution >= 0.6 is 11.3 Å². The third-order valence-electron chi connectivity index (χ3n) is 3.84. The van der Waals surface area contributed by atoms with Crippen molar-refractivity contribution in [2.24, 2.45) is 0 Å². The highest BCUT2D eigenvalue weighted by Gasteiger charge is 2.13. The number of esters is 1. The van der Waals surface area contributed by atoms with Gasteiger partial charge in [-0.15, -0.1) is 11.3 Å². The molecular weight excluding hydrogens is 400 g/mol. The number of thiophene rings is 1. The Balaban J connectivity index is 1.82. The predicted octanol–water partition coefficient (Wildman–Crippen LogP) is 3.92. The van der Waals surface area contributed by atoms with Crippen molar-refractivity contribution < 1.29 is 26.9 Å². The van der Waals surface area contributed by atoms with E-state index in [9.17, 15) is 13.2 Å². The molecule has 0 atom stereocenters. The van der Waals surface area contributed by atoms with E-state index in [-0.39, 0.29) is 24.7 Å². The zero-order chi connectivity index (χ0) is 20.1. The van der Waals surface area contributed by atoms with Crippen molar-refractivity contribution in [1.29, 1.82) is 0 Å². The molecule has 0 saturated carbocycles. The number of hydrogen-bond donors (Lipinski definition) is 0. The fourth-order valence-electron chi connectivity index (χ4n) is 2.73. The summed E-state index contributed by atoms with van der Waals surface area (Å²) in [6.07, 6.45) is 1.14. The van der Waals surface area contributed by atoms with Crippen molar-refractivity contribution in [3.63, 3.8) is 0 Å². The van der Waals surface area contributed by atoms with Gasteiger partial charge in [0.25, 0.3) is 0 Å². The minimum absolute atomic E-state index is 0.121. The van der Waals surface area contributed by atoms with Crippen LogP contribution < -0.4 is 8.92 Å². The number of rotatable bonds is 8. The molecule has 0 aliphatic rings. The minimum Gasteiger partial charge on any atom is -0.489 e. The van der Waals surface area contributed by atoms with Gasteiger partial charge in [0.1, 0.15) is 12.4 Å². The van der Waals surface area contributed by atoms with E-state index in [2.05, 4.69) is 0 Å². The molecule has 0 spiro atoms. The molecule has 0 saturated heterocycles. The monoisotopic (exact) mass is 420 g/mol. The standard InChI is InChI=1S/C20H20O6S2/c1-3-24-20(21)12-15-6-4-5-7-17(15)25-13-14-10-18(26-28(2,22)23)16-8-9-27-19(16)11-14/h4-11H,3,12-13H2,1-2H3. The number of carbonyl (C=O) groups is 1. The van der Waals surface area contributed by atoms with Crippen LogP contribution in [0.25, 0.3) is 10.1 Å². The Kier molecular flexibility index (Phi) is 6.21. The first-order chi connectivity index (χ1) is 13.4. The van der Waals surface area contributed by atoms with Crippen LogP contribution in [0.15, 0.2) is 47.8 Å². The lowest BCUT2D eigenvalue weighted by molar-refractivity contribution is -0.142. The van der Waals surface area contributed by atoms with E-state index in [4.69, 9.17) is 13.7 Å². The summed E-state index contributed by atoms with van der Waals surface area (Å²) < 4.78 is 40.1. The lowest BCUT2D eigenvalue weighted by atomic mass is 10.1. The van der Waals surface area contributed by atoms with Gasteiger partial charge in [-0.1, -0.05) is 18.2 Å². The maximum Gasteiger partial charge on any atom is 0.310 e. The van der Waals surface area contributed by atoms with Crippen LogP contribution in [-0.2, 0) is 32.7 Å². The molecule has 3 rings (SSSR count). The van der Waals surface area contributed by atoms with E-state index in [0.29, 0.717) is 12.4 Å². The van der Waals surface area contributed by atoms with Gasteiger partial charge in [0.2, 0.25) is 0 Å². The average Bonchev–Trinajstić information content (AvgIpc) is 3.09. The Morgan fingerprint density at radius 2 is 1.89 bits per heavy atom. The molecule has 2 aromatic carbocycles. The maximum atomic E-state index is 11.8. The van der Waals surface area contributed by atoms with Crippen molar-refractivity contribution in [3.05, 3.63) is 59.0 Å². The molecule has 0 bridgehead atoms. The Morgan fingerprint density at radius 3 is 2.64 bits per heavy atom. The summed E-state index contributed by atoms with van der Waals surface area (Å²) >= 11 is 1.49. The van der Waals surface area contributed by atoms with Gasteiger partial charge in [-0.25, -0.2) is 0 Å². The summed E-state index contributed by atoms with van der Waals surface area (Å²) in [6.45, 7) is 2.29. The number of hydrogen-bond acceptors (Lipinski definition) is 7. The Hall–Kier alpha value is -2.58. The van der Waals surface area contributed by atoms with E-state index in [0.717, 1.165) is 27.5 Å². The second kappa shape index (κ2) is 8.62. The SMILES string of the molecule is CCOC(=O)Cc1ccccc1OCc1cc(OS(C)(=O)=O)c2ccsc2c1. The second-order valence-electron chi connectivity index (χ2n) is 6.09. The van der Waals surface area contributed by atoms with Crippen LogP contribution in [0, 0.1) is 0 Å². The van der Waals surface area contributed by atoms with E-state index in [1.165, 1.54) is 11.3 Å². The van der Waals surface area contributed by atoms with Crippen LogP contribution in [0.2, 0.25) is 0 Å². The highest BCUT2D eigenvalue weighted by atomic mass is 32.2. The molecule has 1 aromatic heterocycles. The molecule has 28 heavy (non-hydrogen) atoms. The van der Waals surface area contributed by atoms with Gasteiger partial charge in [-0.3, -0.25) is 4.79 Å². The van der Waals surface area contributed by atoms with Gasteiger partial charge in [0.15, 0.2) is 5.75 Å². The number of para-hydroxylation sites is 1. The number of ether oxygens (including phenoxy) is 2. The van der Waals surface area contributed by atoms with E-state index >= 15 is 0 Å². The fourth-order valence-corrected chi connectivity index (χ4v) is 4.06. The van der Waals surface area contributed by atoms with Crippen molar-refractivity contribution in [3.8, 4) is 11.5 Å². The molecule has 0 amide bonds. The zero-order valence-corrected chi connectivity index (χ0v) is 17.1. The molecule has 0 aliphatic heterocycles. The average molecular weight is 421 g/mol. The molecule has 1 heterocycles. The number of fused-ring (bicyclic) bond motifs is 1. The molecule has 0 unspecified atom stereocenters. The Bertz CT molecular complexity index is 1090. The molecule has 3 aromatic rings. The molecule has 148 valence electrons. The lowest BCUT2D eigenvalue weighted by Gasteiger charge is -2.12. The van der Waals surface area contributed by atoms with Gasteiger partial charge in [0.05, 0.1) is 19.3 Å². The van der Waals surface area contributed by atoms with Crippen LogP contribution in [0.5, 0.6) is 11.5 Å². The summed E-state index contributed by atoms with van der Waals surface area (Å²) in [5, 5.41) is 2.61. The van der Waals surface area contributed by atoms with Gasteiger partial charge in [-0.05, 0) is 42.1 Å². The minimum atomic E-state index is -3.64. The Morgan fingerprint density at radius 1 is 1.11 bits per heavy atom. The van der Waals surface area contributed by atoms with Crippen LogP contribution in [-0.4, -0.2) is 27.2 Å². The Labute approximate surface area is 167 Å². The first kappa shape index (κ1) is 20.2. The van der Waals surface area contributed by atoms with Crippen molar-refractivity contribution in [1.82, 2.24) is 0 Å². The summed E-state index contributed by atoms with van der Waals surface area (Å²) in [5.41, 5.74) is 1.49. The smallest absolute Gasteiger partial charge is 0.310 e. The number of carbonyl (C=O) groups excluding carboxylic acids is 1. The molecule has 0 radical (unpaired) electrons. The third-order valence-corrected chi connectivity index (χ3v) is 5.19. The molecule has 6 nitrogen and oxygen atoms in total. The van der Waals surface area contributed by atoms with Gasteiger partial charge < -0.3 is 13.7 Å². The maximum absolute atomic E-state index is 11.8. The summed E-state index contributed by atoms with van der Waals surface area (Å²) in [7, 11) is -3.64. The molecule has 0 fully saturated rings. The lowest BCUT2D eigenvalue weighted by Crippen LogP contribution is -2.09.